The molecule has 0 bridgehead atoms. The summed E-state index contributed by atoms with van der Waals surface area (Å²) in [7, 11) is 1.80. The van der Waals surface area contributed by atoms with E-state index in [4.69, 9.17) is 4.74 Å². The quantitative estimate of drug-likeness (QED) is 0.757. The molecular formula is C16H27NO. The highest BCUT2D eigenvalue weighted by Crippen LogP contribution is 2.24. The molecule has 0 fully saturated rings. The van der Waals surface area contributed by atoms with Gasteiger partial charge in [0, 0.05) is 13.2 Å². The Morgan fingerprint density at radius 2 is 1.78 bits per heavy atom. The number of likely N-dealkylation sites (N-methyl/N-ethyl adjacent to an activating group) is 1. The van der Waals surface area contributed by atoms with Crippen LogP contribution in [0.5, 0.6) is 0 Å². The number of methoxy groups -OCH3 is 1. The molecule has 0 aliphatic rings. The lowest BCUT2D eigenvalue weighted by atomic mass is 9.95. The molecule has 0 saturated carbocycles. The summed E-state index contributed by atoms with van der Waals surface area (Å²) in [5, 5.41) is 3.56. The van der Waals surface area contributed by atoms with Gasteiger partial charge in [-0.15, -0.1) is 0 Å². The van der Waals surface area contributed by atoms with Crippen LogP contribution < -0.4 is 5.32 Å². The zero-order chi connectivity index (χ0) is 13.4. The molecule has 2 atom stereocenters. The van der Waals surface area contributed by atoms with Crippen molar-refractivity contribution in [3.63, 3.8) is 0 Å². The second-order valence-corrected chi connectivity index (χ2v) is 5.20. The summed E-state index contributed by atoms with van der Waals surface area (Å²) in [5.74, 6) is 0.736. The van der Waals surface area contributed by atoms with Crippen molar-refractivity contribution in [3.8, 4) is 0 Å². The number of ether oxygens (including phenoxy) is 1. The van der Waals surface area contributed by atoms with E-state index in [9.17, 15) is 0 Å². The van der Waals surface area contributed by atoms with Gasteiger partial charge in [-0.3, -0.25) is 0 Å². The smallest absolute Gasteiger partial charge is 0.0973 e. The third-order valence-corrected chi connectivity index (χ3v) is 3.27. The van der Waals surface area contributed by atoms with Crippen LogP contribution in [0.3, 0.4) is 0 Å². The molecule has 0 aliphatic heterocycles. The molecule has 0 aliphatic carbocycles. The first kappa shape index (κ1) is 15.2. The summed E-state index contributed by atoms with van der Waals surface area (Å²) in [4.78, 5) is 0. The van der Waals surface area contributed by atoms with Gasteiger partial charge in [-0.1, -0.05) is 51.1 Å². The van der Waals surface area contributed by atoms with Crippen LogP contribution in [-0.4, -0.2) is 19.7 Å². The number of nitrogens with one attached hydrogen (secondary N) is 1. The Hall–Kier alpha value is -0.860. The minimum atomic E-state index is 0.143. The fourth-order valence-electron chi connectivity index (χ4n) is 2.31. The van der Waals surface area contributed by atoms with Crippen LogP contribution in [0, 0.1) is 5.92 Å². The van der Waals surface area contributed by atoms with Gasteiger partial charge in [0.25, 0.3) is 0 Å². The van der Waals surface area contributed by atoms with Gasteiger partial charge < -0.3 is 10.1 Å². The SMILES string of the molecule is CCNC(CCC(C)C)C(OC)c1ccccc1. The van der Waals surface area contributed by atoms with E-state index < -0.39 is 0 Å². The summed E-state index contributed by atoms with van der Waals surface area (Å²) in [5.41, 5.74) is 1.26. The van der Waals surface area contributed by atoms with Crippen molar-refractivity contribution in [2.75, 3.05) is 13.7 Å². The van der Waals surface area contributed by atoms with Gasteiger partial charge in [0.05, 0.1) is 6.10 Å². The summed E-state index contributed by atoms with van der Waals surface area (Å²) >= 11 is 0. The van der Waals surface area contributed by atoms with Gasteiger partial charge in [-0.05, 0) is 30.9 Å². The largest absolute Gasteiger partial charge is 0.375 e. The van der Waals surface area contributed by atoms with E-state index in [1.165, 1.54) is 12.0 Å². The Bertz CT molecular complexity index is 310. The highest BCUT2D eigenvalue weighted by molar-refractivity contribution is 5.19. The van der Waals surface area contributed by atoms with Crippen LogP contribution in [0.15, 0.2) is 30.3 Å². The van der Waals surface area contributed by atoms with Crippen LogP contribution in [-0.2, 0) is 4.74 Å². The third kappa shape index (κ3) is 4.79. The molecule has 0 amide bonds. The van der Waals surface area contributed by atoms with Gasteiger partial charge in [0.1, 0.15) is 0 Å². The standard InChI is InChI=1S/C16H27NO/c1-5-17-15(12-11-13(2)3)16(18-4)14-9-7-6-8-10-14/h6-10,13,15-17H,5,11-12H2,1-4H3. The van der Waals surface area contributed by atoms with Gasteiger partial charge in [0.2, 0.25) is 0 Å². The lowest BCUT2D eigenvalue weighted by Crippen LogP contribution is -2.36. The van der Waals surface area contributed by atoms with Gasteiger partial charge in [-0.25, -0.2) is 0 Å². The molecule has 18 heavy (non-hydrogen) atoms. The van der Waals surface area contributed by atoms with Gasteiger partial charge in [0.15, 0.2) is 0 Å². The summed E-state index contributed by atoms with van der Waals surface area (Å²) in [6.45, 7) is 7.68. The van der Waals surface area contributed by atoms with Crippen molar-refractivity contribution in [1.29, 1.82) is 0 Å². The van der Waals surface area contributed by atoms with Crippen molar-refractivity contribution in [2.45, 2.75) is 45.8 Å². The van der Waals surface area contributed by atoms with Crippen molar-refractivity contribution < 1.29 is 4.74 Å². The fourth-order valence-corrected chi connectivity index (χ4v) is 2.31. The number of hydrogen-bond acceptors (Lipinski definition) is 2. The van der Waals surface area contributed by atoms with Crippen molar-refractivity contribution in [2.24, 2.45) is 5.92 Å². The number of benzene rings is 1. The topological polar surface area (TPSA) is 21.3 Å². The van der Waals surface area contributed by atoms with E-state index in [0.717, 1.165) is 18.9 Å². The Morgan fingerprint density at radius 1 is 1.11 bits per heavy atom. The van der Waals surface area contributed by atoms with Gasteiger partial charge >= 0.3 is 0 Å². The van der Waals surface area contributed by atoms with E-state index in [0.29, 0.717) is 6.04 Å². The minimum Gasteiger partial charge on any atom is -0.375 e. The zero-order valence-electron chi connectivity index (χ0n) is 12.1. The first-order valence-corrected chi connectivity index (χ1v) is 7.00. The first-order chi connectivity index (χ1) is 8.69. The average Bonchev–Trinajstić information content (AvgIpc) is 2.38. The Balaban J connectivity index is 2.74. The van der Waals surface area contributed by atoms with E-state index in [2.05, 4.69) is 50.4 Å². The molecule has 1 aromatic carbocycles. The lowest BCUT2D eigenvalue weighted by molar-refractivity contribution is 0.0636. The number of hydrogen-bond donors (Lipinski definition) is 1. The molecule has 2 nitrogen and oxygen atoms in total. The molecule has 2 heteroatoms. The van der Waals surface area contributed by atoms with Gasteiger partial charge in [-0.2, -0.15) is 0 Å². The fraction of sp³-hybridized carbons (Fsp3) is 0.625. The molecule has 0 spiro atoms. The normalized spacial score (nSPS) is 14.7. The van der Waals surface area contributed by atoms with E-state index in [-0.39, 0.29) is 6.10 Å². The summed E-state index contributed by atoms with van der Waals surface area (Å²) in [6.07, 6.45) is 2.52. The van der Waals surface area contributed by atoms with E-state index in [1.54, 1.807) is 7.11 Å². The molecular weight excluding hydrogens is 222 g/mol. The van der Waals surface area contributed by atoms with E-state index >= 15 is 0 Å². The molecule has 2 unspecified atom stereocenters. The Labute approximate surface area is 112 Å². The average molecular weight is 249 g/mol. The predicted octanol–water partition coefficient (Wildman–Crippen LogP) is 3.79. The minimum absolute atomic E-state index is 0.143. The van der Waals surface area contributed by atoms with Crippen LogP contribution >= 0.6 is 0 Å². The van der Waals surface area contributed by atoms with Crippen molar-refractivity contribution in [1.82, 2.24) is 5.32 Å². The lowest BCUT2D eigenvalue weighted by Gasteiger charge is -2.27. The second-order valence-electron chi connectivity index (χ2n) is 5.20. The molecule has 0 heterocycles. The first-order valence-electron chi connectivity index (χ1n) is 7.00. The summed E-state index contributed by atoms with van der Waals surface area (Å²) < 4.78 is 5.72. The van der Waals surface area contributed by atoms with Crippen LogP contribution in [0.4, 0.5) is 0 Å². The predicted molar refractivity (Wildman–Crippen MR) is 77.7 cm³/mol. The molecule has 1 aromatic rings. The van der Waals surface area contributed by atoms with Crippen LogP contribution in [0.2, 0.25) is 0 Å². The molecule has 0 aromatic heterocycles. The number of rotatable bonds is 8. The third-order valence-electron chi connectivity index (χ3n) is 3.27. The maximum atomic E-state index is 5.72. The van der Waals surface area contributed by atoms with E-state index in [1.807, 2.05) is 6.07 Å². The summed E-state index contributed by atoms with van der Waals surface area (Å²) in [6, 6.07) is 10.9. The van der Waals surface area contributed by atoms with Crippen LogP contribution in [0.1, 0.15) is 45.3 Å². The van der Waals surface area contributed by atoms with Crippen LogP contribution in [0.25, 0.3) is 0 Å². The maximum absolute atomic E-state index is 5.72. The Kier molecular flexibility index (Phi) is 6.99. The van der Waals surface area contributed by atoms with Crippen molar-refractivity contribution in [3.05, 3.63) is 35.9 Å². The highest BCUT2D eigenvalue weighted by atomic mass is 16.5. The molecule has 102 valence electrons. The van der Waals surface area contributed by atoms with Crippen molar-refractivity contribution >= 4 is 0 Å². The zero-order valence-corrected chi connectivity index (χ0v) is 12.1. The second kappa shape index (κ2) is 8.28. The molecule has 0 saturated heterocycles. The molecule has 0 radical (unpaired) electrons. The maximum Gasteiger partial charge on any atom is 0.0973 e. The monoisotopic (exact) mass is 249 g/mol. The Morgan fingerprint density at radius 3 is 2.28 bits per heavy atom. The molecule has 1 rings (SSSR count). The highest BCUT2D eigenvalue weighted by Gasteiger charge is 2.21. The molecule has 1 N–H and O–H groups in total.